The number of pyridine rings is 1. The zero-order chi connectivity index (χ0) is 17.6. The predicted octanol–water partition coefficient (Wildman–Crippen LogP) is 5.38. The van der Waals surface area contributed by atoms with Crippen molar-refractivity contribution < 1.29 is 5.94 Å². The van der Waals surface area contributed by atoms with Crippen molar-refractivity contribution in [3.63, 3.8) is 0 Å². The molecule has 0 aliphatic heterocycles. The second-order valence-corrected chi connectivity index (χ2v) is 6.83. The standard InChI is InChI=1S/C22H26N/c1-14(2)19-11-15(3)17(5)21(13-19)22-20-10-8-7-9-18(20)12-16(4)23(22)6/h7-14H,1-6H3/q+1/i12D. The minimum atomic E-state index is 0.496. The number of hydrogen-bond acceptors (Lipinski definition) is 0. The molecule has 0 fully saturated rings. The van der Waals surface area contributed by atoms with E-state index in [0.717, 1.165) is 16.5 Å². The lowest BCUT2D eigenvalue weighted by molar-refractivity contribution is -0.665. The van der Waals surface area contributed by atoms with E-state index in [1.807, 2.05) is 13.0 Å². The van der Waals surface area contributed by atoms with E-state index in [2.05, 4.69) is 69.6 Å². The summed E-state index contributed by atoms with van der Waals surface area (Å²) in [5, 5.41) is 2.18. The van der Waals surface area contributed by atoms with Gasteiger partial charge in [0.1, 0.15) is 7.05 Å². The summed E-state index contributed by atoms with van der Waals surface area (Å²) in [6.45, 7) is 10.9. The first kappa shape index (κ1) is 14.4. The third-order valence-electron chi connectivity index (χ3n) is 4.95. The summed E-state index contributed by atoms with van der Waals surface area (Å²) >= 11 is 0. The van der Waals surface area contributed by atoms with Crippen LogP contribution in [0.3, 0.4) is 0 Å². The van der Waals surface area contributed by atoms with Crippen molar-refractivity contribution >= 4 is 10.8 Å². The van der Waals surface area contributed by atoms with E-state index < -0.39 is 0 Å². The molecular formula is C22H26N+. The van der Waals surface area contributed by atoms with Crippen LogP contribution in [0.4, 0.5) is 0 Å². The third-order valence-corrected chi connectivity index (χ3v) is 4.95. The Kier molecular flexibility index (Phi) is 3.65. The summed E-state index contributed by atoms with van der Waals surface area (Å²) < 4.78 is 10.7. The molecule has 2 aromatic carbocycles. The number of fused-ring (bicyclic) bond motifs is 1. The fraction of sp³-hybridized carbons (Fsp3) is 0.318. The van der Waals surface area contributed by atoms with Gasteiger partial charge < -0.3 is 0 Å². The maximum Gasteiger partial charge on any atom is 0.220 e. The van der Waals surface area contributed by atoms with Crippen LogP contribution in [0.2, 0.25) is 0 Å². The van der Waals surface area contributed by atoms with Gasteiger partial charge in [0.05, 0.1) is 12.3 Å². The highest BCUT2D eigenvalue weighted by molar-refractivity contribution is 5.94. The highest BCUT2D eigenvalue weighted by Gasteiger charge is 2.21. The van der Waals surface area contributed by atoms with Crippen LogP contribution in [0.25, 0.3) is 22.0 Å². The van der Waals surface area contributed by atoms with Crippen molar-refractivity contribution in [2.75, 3.05) is 0 Å². The van der Waals surface area contributed by atoms with Gasteiger partial charge in [-0.05, 0) is 54.0 Å². The number of hydrogen-bond donors (Lipinski definition) is 0. The number of nitrogens with zero attached hydrogens (tertiary/aromatic N) is 1. The van der Waals surface area contributed by atoms with E-state index in [0.29, 0.717) is 12.0 Å². The Morgan fingerprint density at radius 3 is 2.43 bits per heavy atom. The summed E-state index contributed by atoms with van der Waals surface area (Å²) in [4.78, 5) is 0. The van der Waals surface area contributed by atoms with Gasteiger partial charge in [0.15, 0.2) is 5.69 Å². The molecule has 3 aromatic rings. The van der Waals surface area contributed by atoms with E-state index >= 15 is 0 Å². The minimum Gasteiger partial charge on any atom is -0.198 e. The molecule has 118 valence electrons. The zero-order valence-electron chi connectivity index (χ0n) is 16.0. The van der Waals surface area contributed by atoms with Gasteiger partial charge in [0.25, 0.3) is 0 Å². The van der Waals surface area contributed by atoms with Crippen LogP contribution in [-0.2, 0) is 7.05 Å². The smallest absolute Gasteiger partial charge is 0.198 e. The van der Waals surface area contributed by atoms with Crippen LogP contribution in [0.1, 0.15) is 43.5 Å². The van der Waals surface area contributed by atoms with Gasteiger partial charge in [0.2, 0.25) is 5.69 Å². The van der Waals surface area contributed by atoms with Crippen molar-refractivity contribution in [1.29, 1.82) is 0 Å². The summed E-state index contributed by atoms with van der Waals surface area (Å²) in [5.74, 6) is 0.496. The van der Waals surface area contributed by atoms with Crippen LogP contribution >= 0.6 is 0 Å². The predicted molar refractivity (Wildman–Crippen MR) is 98.9 cm³/mol. The monoisotopic (exact) mass is 305 g/mol. The van der Waals surface area contributed by atoms with Gasteiger partial charge in [-0.1, -0.05) is 38.1 Å². The Bertz CT molecular complexity index is 939. The topological polar surface area (TPSA) is 3.88 Å². The van der Waals surface area contributed by atoms with E-state index in [1.54, 1.807) is 0 Å². The average Bonchev–Trinajstić information content (AvgIpc) is 2.56. The maximum atomic E-state index is 8.47. The van der Waals surface area contributed by atoms with Crippen molar-refractivity contribution in [2.45, 2.75) is 40.5 Å². The lowest BCUT2D eigenvalue weighted by atomic mass is 9.90. The molecule has 3 rings (SSSR count). The molecule has 1 nitrogen and oxygen atoms in total. The molecule has 0 atom stereocenters. The molecule has 23 heavy (non-hydrogen) atoms. The SMILES string of the molecule is [2H]c1c(C)[n+](C)c(-c2cc(C(C)C)cc(C)c2C)c2ccccc12. The zero-order valence-corrected chi connectivity index (χ0v) is 15.0. The first-order chi connectivity index (χ1) is 11.3. The first-order valence-corrected chi connectivity index (χ1v) is 8.32. The number of benzene rings is 2. The number of aryl methyl sites for hydroxylation is 1. The maximum absolute atomic E-state index is 8.47. The Morgan fingerprint density at radius 1 is 1.04 bits per heavy atom. The van der Waals surface area contributed by atoms with Gasteiger partial charge in [-0.3, -0.25) is 0 Å². The molecule has 0 unspecified atom stereocenters. The molecule has 0 bridgehead atoms. The fourth-order valence-corrected chi connectivity index (χ4v) is 3.22. The van der Waals surface area contributed by atoms with E-state index in [1.165, 1.54) is 27.9 Å². The number of aromatic nitrogens is 1. The Balaban J connectivity index is 2.47. The molecule has 0 spiro atoms. The molecule has 0 radical (unpaired) electrons. The Labute approximate surface area is 141 Å². The van der Waals surface area contributed by atoms with Gasteiger partial charge in [-0.25, -0.2) is 0 Å². The van der Waals surface area contributed by atoms with Crippen molar-refractivity contribution in [2.24, 2.45) is 7.05 Å². The summed E-state index contributed by atoms with van der Waals surface area (Å²) in [7, 11) is 2.08. The van der Waals surface area contributed by atoms with Crippen LogP contribution in [0, 0.1) is 20.8 Å². The molecule has 0 aliphatic carbocycles. The normalized spacial score (nSPS) is 12.0. The molecular weight excluding hydrogens is 278 g/mol. The molecule has 1 heteroatoms. The highest BCUT2D eigenvalue weighted by atomic mass is 14.9. The van der Waals surface area contributed by atoms with Gasteiger partial charge in [0, 0.05) is 13.0 Å². The quantitative estimate of drug-likeness (QED) is 0.560. The fourth-order valence-electron chi connectivity index (χ4n) is 3.22. The molecule has 0 amide bonds. The second kappa shape index (κ2) is 5.81. The Hall–Kier alpha value is -2.15. The third kappa shape index (κ3) is 2.65. The van der Waals surface area contributed by atoms with Crippen LogP contribution in [0.15, 0.2) is 42.4 Å². The van der Waals surface area contributed by atoms with Crippen molar-refractivity contribution in [1.82, 2.24) is 0 Å². The van der Waals surface area contributed by atoms with Crippen LogP contribution in [0.5, 0.6) is 0 Å². The van der Waals surface area contributed by atoms with Gasteiger partial charge in [-0.15, -0.1) is 0 Å². The van der Waals surface area contributed by atoms with E-state index in [9.17, 15) is 0 Å². The molecule has 0 N–H and O–H groups in total. The number of rotatable bonds is 2. The lowest BCUT2D eigenvalue weighted by Crippen LogP contribution is -2.35. The molecule has 1 heterocycles. The van der Waals surface area contributed by atoms with Crippen LogP contribution < -0.4 is 4.57 Å². The molecule has 1 aromatic heterocycles. The second-order valence-electron chi connectivity index (χ2n) is 6.83. The van der Waals surface area contributed by atoms with E-state index in [-0.39, 0.29) is 0 Å². The van der Waals surface area contributed by atoms with E-state index in [4.69, 9.17) is 1.37 Å². The lowest BCUT2D eigenvalue weighted by Gasteiger charge is -2.15. The summed E-state index contributed by atoms with van der Waals surface area (Å²) in [6.07, 6.45) is 0. The first-order valence-electron chi connectivity index (χ1n) is 8.82. The minimum absolute atomic E-state index is 0.496. The average molecular weight is 305 g/mol. The molecule has 0 saturated heterocycles. The summed E-state index contributed by atoms with van der Waals surface area (Å²) in [5.41, 5.74) is 7.49. The van der Waals surface area contributed by atoms with Crippen molar-refractivity contribution in [3.05, 3.63) is 64.8 Å². The largest absolute Gasteiger partial charge is 0.220 e. The van der Waals surface area contributed by atoms with Gasteiger partial charge >= 0.3 is 0 Å². The van der Waals surface area contributed by atoms with Gasteiger partial charge in [-0.2, -0.15) is 4.57 Å². The molecule has 0 saturated carbocycles. The summed E-state index contributed by atoms with van der Waals surface area (Å²) in [6, 6.07) is 13.5. The van der Waals surface area contributed by atoms with Crippen LogP contribution in [-0.4, -0.2) is 0 Å². The van der Waals surface area contributed by atoms with Crippen molar-refractivity contribution in [3.8, 4) is 11.3 Å². The molecule has 0 aliphatic rings. The highest BCUT2D eigenvalue weighted by Crippen LogP contribution is 2.32. The Morgan fingerprint density at radius 2 is 1.74 bits per heavy atom.